The van der Waals surface area contributed by atoms with E-state index < -0.39 is 46.6 Å². The number of nitrogens with zero attached hydrogens (tertiary/aromatic N) is 2. The summed E-state index contributed by atoms with van der Waals surface area (Å²) in [6, 6.07) is 1.61. The fourth-order valence-corrected chi connectivity index (χ4v) is 2.19. The van der Waals surface area contributed by atoms with Gasteiger partial charge in [0.2, 0.25) is 0 Å². The van der Waals surface area contributed by atoms with Crippen LogP contribution in [0.2, 0.25) is 0 Å². The summed E-state index contributed by atoms with van der Waals surface area (Å²) in [5, 5.41) is 3.42. The van der Waals surface area contributed by atoms with Gasteiger partial charge in [-0.1, -0.05) is 0 Å². The number of aromatic nitrogens is 1. The van der Waals surface area contributed by atoms with Gasteiger partial charge in [-0.3, -0.25) is 15.2 Å². The predicted molar refractivity (Wildman–Crippen MR) is 91.7 cm³/mol. The molecule has 2 aromatic rings. The van der Waals surface area contributed by atoms with Crippen LogP contribution < -0.4 is 16.9 Å². The Morgan fingerprint density at radius 1 is 0.933 bits per heavy atom. The number of carbonyl (C=O) groups excluding carboxylic acids is 1. The minimum atomic E-state index is -5.06. The van der Waals surface area contributed by atoms with Crippen LogP contribution in [0, 0.1) is 5.82 Å². The summed E-state index contributed by atoms with van der Waals surface area (Å²) in [4.78, 5) is 15.0. The van der Waals surface area contributed by atoms with Gasteiger partial charge in [0.1, 0.15) is 5.82 Å². The number of hydrogen-bond donors (Lipinski definition) is 3. The van der Waals surface area contributed by atoms with Gasteiger partial charge in [0.05, 0.1) is 22.9 Å². The molecule has 6 nitrogen and oxygen atoms in total. The average Bonchev–Trinajstić information content (AvgIpc) is 2.63. The molecule has 0 aliphatic heterocycles. The molecule has 0 radical (unpaired) electrons. The molecule has 0 saturated carbocycles. The van der Waals surface area contributed by atoms with Crippen LogP contribution >= 0.6 is 0 Å². The number of carbonyl (C=O) groups is 1. The smallest absolute Gasteiger partial charge is 0.382 e. The molecule has 1 aromatic heterocycles. The van der Waals surface area contributed by atoms with Gasteiger partial charge >= 0.3 is 12.4 Å². The number of amides is 1. The minimum absolute atomic E-state index is 0.0535. The van der Waals surface area contributed by atoms with Crippen LogP contribution in [0.5, 0.6) is 0 Å². The van der Waals surface area contributed by atoms with E-state index in [0.717, 1.165) is 24.7 Å². The number of hydrazone groups is 1. The highest BCUT2D eigenvalue weighted by Gasteiger charge is 2.37. The SMILES string of the molecule is NC(=O)/C(=C/N/N=C(\N)c1cc(C(F)(F)F)cc(C(F)(F)F)c1)c1cncc(F)c1. The van der Waals surface area contributed by atoms with Crippen molar-refractivity contribution in [2.24, 2.45) is 16.6 Å². The second kappa shape index (κ2) is 8.39. The summed E-state index contributed by atoms with van der Waals surface area (Å²) >= 11 is 0. The zero-order valence-corrected chi connectivity index (χ0v) is 14.6. The highest BCUT2D eigenvalue weighted by Crippen LogP contribution is 2.36. The van der Waals surface area contributed by atoms with Gasteiger partial charge < -0.3 is 11.5 Å². The molecule has 0 unspecified atom stereocenters. The second-order valence-electron chi connectivity index (χ2n) is 5.73. The molecule has 2 rings (SSSR count). The van der Waals surface area contributed by atoms with E-state index in [9.17, 15) is 35.5 Å². The number of amidine groups is 1. The lowest BCUT2D eigenvalue weighted by Crippen LogP contribution is -2.21. The number of pyridine rings is 1. The number of rotatable bonds is 5. The Labute approximate surface area is 164 Å². The fraction of sp³-hybridized carbons (Fsp3) is 0.118. The molecule has 5 N–H and O–H groups in total. The lowest BCUT2D eigenvalue weighted by molar-refractivity contribution is -0.143. The van der Waals surface area contributed by atoms with Crippen molar-refractivity contribution in [2.75, 3.05) is 0 Å². The highest BCUT2D eigenvalue weighted by atomic mass is 19.4. The molecule has 0 bridgehead atoms. The van der Waals surface area contributed by atoms with Gasteiger partial charge in [-0.05, 0) is 24.3 Å². The second-order valence-corrected chi connectivity index (χ2v) is 5.73. The van der Waals surface area contributed by atoms with Crippen molar-refractivity contribution >= 4 is 17.3 Å². The summed E-state index contributed by atoms with van der Waals surface area (Å²) in [7, 11) is 0. The molecule has 0 aliphatic rings. The van der Waals surface area contributed by atoms with Crippen molar-refractivity contribution in [1.82, 2.24) is 10.4 Å². The van der Waals surface area contributed by atoms with Gasteiger partial charge in [0.25, 0.3) is 5.91 Å². The number of nitrogens with two attached hydrogens (primary N) is 2. The predicted octanol–water partition coefficient (Wildman–Crippen LogP) is 2.99. The summed E-state index contributed by atoms with van der Waals surface area (Å²) in [5.74, 6) is -2.57. The Morgan fingerprint density at radius 3 is 1.97 bits per heavy atom. The average molecular weight is 435 g/mol. The van der Waals surface area contributed by atoms with Crippen LogP contribution in [0.1, 0.15) is 22.3 Å². The van der Waals surface area contributed by atoms with E-state index in [1.54, 1.807) is 0 Å². The maximum absolute atomic E-state index is 13.2. The first-order valence-corrected chi connectivity index (χ1v) is 7.78. The van der Waals surface area contributed by atoms with Crippen LogP contribution in [-0.2, 0) is 17.1 Å². The molecular weight excluding hydrogens is 423 g/mol. The molecular formula is C17H12F7N5O. The summed E-state index contributed by atoms with van der Waals surface area (Å²) in [6.07, 6.45) is -7.33. The maximum atomic E-state index is 13.2. The number of nitrogens with one attached hydrogen (secondary N) is 1. The lowest BCUT2D eigenvalue weighted by Gasteiger charge is -2.14. The summed E-state index contributed by atoms with van der Waals surface area (Å²) in [5.41, 5.74) is 8.51. The van der Waals surface area contributed by atoms with Crippen molar-refractivity contribution in [1.29, 1.82) is 0 Å². The first-order chi connectivity index (χ1) is 13.8. The van der Waals surface area contributed by atoms with E-state index in [1.165, 1.54) is 0 Å². The quantitative estimate of drug-likeness (QED) is 0.221. The minimum Gasteiger partial charge on any atom is -0.382 e. The summed E-state index contributed by atoms with van der Waals surface area (Å²) in [6.45, 7) is 0. The maximum Gasteiger partial charge on any atom is 0.416 e. The van der Waals surface area contributed by atoms with Crippen molar-refractivity contribution in [2.45, 2.75) is 12.4 Å². The Hall–Kier alpha value is -3.64. The molecule has 1 amide bonds. The lowest BCUT2D eigenvalue weighted by atomic mass is 10.0. The van der Waals surface area contributed by atoms with Crippen LogP contribution in [0.25, 0.3) is 5.57 Å². The topological polar surface area (TPSA) is 106 Å². The number of alkyl halides is 6. The normalized spacial score (nSPS) is 13.3. The molecule has 0 aliphatic carbocycles. The first-order valence-electron chi connectivity index (χ1n) is 7.78. The van der Waals surface area contributed by atoms with Crippen LogP contribution in [0.4, 0.5) is 30.7 Å². The van der Waals surface area contributed by atoms with E-state index in [2.05, 4.69) is 15.5 Å². The van der Waals surface area contributed by atoms with Crippen molar-refractivity contribution in [3.05, 3.63) is 70.9 Å². The van der Waals surface area contributed by atoms with E-state index in [0.29, 0.717) is 12.1 Å². The molecule has 0 fully saturated rings. The van der Waals surface area contributed by atoms with E-state index in [4.69, 9.17) is 11.5 Å². The van der Waals surface area contributed by atoms with E-state index in [1.807, 2.05) is 0 Å². The fourth-order valence-electron chi connectivity index (χ4n) is 2.19. The van der Waals surface area contributed by atoms with E-state index >= 15 is 0 Å². The third-order valence-corrected chi connectivity index (χ3v) is 3.56. The largest absolute Gasteiger partial charge is 0.416 e. The Balaban J connectivity index is 2.40. The van der Waals surface area contributed by atoms with Crippen molar-refractivity contribution < 1.29 is 35.5 Å². The monoisotopic (exact) mass is 435 g/mol. The standard InChI is InChI=1S/C17H12F7N5O/c18-12-3-9(5-27-6-12)13(15(26)30)7-28-29-14(25)8-1-10(16(19,20)21)4-11(2-8)17(22,23)24/h1-7,28H,(H2,25,29)(H2,26,30)/b13-7+. The van der Waals surface area contributed by atoms with Crippen molar-refractivity contribution in [3.8, 4) is 0 Å². The highest BCUT2D eigenvalue weighted by molar-refractivity contribution is 6.18. The number of hydrogen-bond acceptors (Lipinski definition) is 4. The van der Waals surface area contributed by atoms with Gasteiger partial charge in [-0.25, -0.2) is 4.39 Å². The molecule has 0 atom stereocenters. The Kier molecular flexibility index (Phi) is 6.33. The van der Waals surface area contributed by atoms with Gasteiger partial charge in [-0.15, -0.1) is 0 Å². The third-order valence-electron chi connectivity index (χ3n) is 3.56. The van der Waals surface area contributed by atoms with Crippen LogP contribution in [0.15, 0.2) is 48.0 Å². The number of halogens is 7. The number of benzene rings is 1. The van der Waals surface area contributed by atoms with Gasteiger partial charge in [0, 0.05) is 23.5 Å². The molecule has 1 aromatic carbocycles. The van der Waals surface area contributed by atoms with Gasteiger partial charge in [0.15, 0.2) is 5.84 Å². The third kappa shape index (κ3) is 5.68. The van der Waals surface area contributed by atoms with Crippen molar-refractivity contribution in [3.63, 3.8) is 0 Å². The van der Waals surface area contributed by atoms with Gasteiger partial charge in [-0.2, -0.15) is 31.4 Å². The molecule has 0 spiro atoms. The molecule has 13 heteroatoms. The first kappa shape index (κ1) is 22.6. The molecule has 160 valence electrons. The van der Waals surface area contributed by atoms with Crippen LogP contribution in [0.3, 0.4) is 0 Å². The zero-order chi connectivity index (χ0) is 22.7. The molecule has 1 heterocycles. The van der Waals surface area contributed by atoms with E-state index in [-0.39, 0.29) is 17.2 Å². The summed E-state index contributed by atoms with van der Waals surface area (Å²) < 4.78 is 90.7. The Bertz CT molecular complexity index is 980. The molecule has 30 heavy (non-hydrogen) atoms. The Morgan fingerprint density at radius 2 is 1.50 bits per heavy atom. The molecule has 0 saturated heterocycles. The zero-order valence-electron chi connectivity index (χ0n) is 14.6. The number of primary amides is 1. The van der Waals surface area contributed by atoms with Crippen LogP contribution in [-0.4, -0.2) is 16.7 Å².